The molecule has 0 spiro atoms. The van der Waals surface area contributed by atoms with E-state index in [-0.39, 0.29) is 6.54 Å². The Kier molecular flexibility index (Phi) is 7.28. The topological polar surface area (TPSA) is 76.5 Å². The molecule has 1 heterocycles. The first-order valence-electron chi connectivity index (χ1n) is 11.1. The van der Waals surface area contributed by atoms with Crippen LogP contribution in [0.3, 0.4) is 0 Å². The molecule has 0 aliphatic rings. The van der Waals surface area contributed by atoms with Gasteiger partial charge in [-0.2, -0.15) is 22.6 Å². The first-order chi connectivity index (χ1) is 17.4. The number of ether oxygens (including phenoxy) is 1. The Labute approximate surface area is 212 Å². The van der Waals surface area contributed by atoms with E-state index in [1.54, 1.807) is 61.4 Å². The molecule has 11 heteroatoms. The molecule has 4 rings (SSSR count). The molecule has 0 radical (unpaired) electrons. The third kappa shape index (κ3) is 6.30. The fourth-order valence-corrected chi connectivity index (χ4v) is 4.59. The molecule has 0 aliphatic heterocycles. The van der Waals surface area contributed by atoms with Crippen LogP contribution < -0.4 is 10.1 Å². The number of methoxy groups -OCH3 is 1. The first-order valence-corrected chi connectivity index (χ1v) is 12.6. The lowest BCUT2D eigenvalue weighted by Gasteiger charge is -2.15. The second-order valence-corrected chi connectivity index (χ2v) is 10.4. The van der Waals surface area contributed by atoms with Gasteiger partial charge in [-0.15, -0.1) is 0 Å². The molecule has 0 unspecified atom stereocenters. The molecule has 1 aromatic heterocycles. The lowest BCUT2D eigenvalue weighted by Crippen LogP contribution is -2.24. The third-order valence-corrected chi connectivity index (χ3v) is 7.15. The van der Waals surface area contributed by atoms with E-state index in [9.17, 15) is 21.6 Å². The molecule has 0 aliphatic carbocycles. The standard InChI is InChI=1S/C26H25F3N4O3S/c1-32-17-20-15-23(30-22-8-6-21(7-9-22)26(27,28)29)14-19(25(20)31-32)12-13-37(34,35)33(2)16-18-4-10-24(36-3)11-5-18/h4-15,17,30H,16H2,1-3H3/b13-12+. The van der Waals surface area contributed by atoms with E-state index in [0.29, 0.717) is 28.2 Å². The van der Waals surface area contributed by atoms with Gasteiger partial charge in [-0.25, -0.2) is 8.42 Å². The molecular formula is C26H25F3N4O3S. The SMILES string of the molecule is COc1ccc(CN(C)S(=O)(=O)/C=C/c2cc(Nc3ccc(C(F)(F)F)cc3)cc3cn(C)nc23)cc1. The second-order valence-electron chi connectivity index (χ2n) is 8.46. The Hall–Kier alpha value is -3.83. The maximum absolute atomic E-state index is 12.9. The number of aryl methyl sites for hydroxylation is 1. The van der Waals surface area contributed by atoms with Gasteiger partial charge in [-0.3, -0.25) is 4.68 Å². The highest BCUT2D eigenvalue weighted by Crippen LogP contribution is 2.31. The Morgan fingerprint density at radius 1 is 1.05 bits per heavy atom. The molecule has 194 valence electrons. The molecule has 7 nitrogen and oxygen atoms in total. The van der Waals surface area contributed by atoms with Crippen LogP contribution in [0.15, 0.2) is 72.3 Å². The summed E-state index contributed by atoms with van der Waals surface area (Å²) in [5, 5.41) is 9.35. The molecule has 1 N–H and O–H groups in total. The molecule has 0 amide bonds. The van der Waals surface area contributed by atoms with Crippen molar-refractivity contribution in [1.29, 1.82) is 0 Å². The number of nitrogens with one attached hydrogen (secondary N) is 1. The van der Waals surface area contributed by atoms with Crippen LogP contribution in [-0.2, 0) is 29.8 Å². The van der Waals surface area contributed by atoms with Crippen molar-refractivity contribution in [1.82, 2.24) is 14.1 Å². The van der Waals surface area contributed by atoms with Crippen LogP contribution in [0.2, 0.25) is 0 Å². The van der Waals surface area contributed by atoms with Crippen molar-refractivity contribution in [2.24, 2.45) is 7.05 Å². The molecule has 3 aromatic carbocycles. The van der Waals surface area contributed by atoms with Crippen molar-refractivity contribution in [2.45, 2.75) is 12.7 Å². The molecular weight excluding hydrogens is 505 g/mol. The van der Waals surface area contributed by atoms with Crippen LogP contribution in [0.1, 0.15) is 16.7 Å². The highest BCUT2D eigenvalue weighted by Gasteiger charge is 2.29. The summed E-state index contributed by atoms with van der Waals surface area (Å²) in [6.07, 6.45) is -1.18. The Morgan fingerprint density at radius 3 is 2.35 bits per heavy atom. The predicted molar refractivity (Wildman–Crippen MR) is 138 cm³/mol. The average molecular weight is 531 g/mol. The number of sulfonamides is 1. The predicted octanol–water partition coefficient (Wildman–Crippen LogP) is 5.78. The maximum Gasteiger partial charge on any atom is 0.416 e. The number of anilines is 2. The summed E-state index contributed by atoms with van der Waals surface area (Å²) in [6, 6.07) is 15.3. The highest BCUT2D eigenvalue weighted by atomic mass is 32.2. The van der Waals surface area contributed by atoms with Crippen molar-refractivity contribution in [3.63, 3.8) is 0 Å². The van der Waals surface area contributed by atoms with Crippen LogP contribution in [-0.4, -0.2) is 36.7 Å². The van der Waals surface area contributed by atoms with E-state index in [1.807, 2.05) is 0 Å². The van der Waals surface area contributed by atoms with Crippen molar-refractivity contribution in [3.05, 3.63) is 89.0 Å². The Bertz CT molecular complexity index is 1530. The van der Waals surface area contributed by atoms with Crippen LogP contribution >= 0.6 is 0 Å². The van der Waals surface area contributed by atoms with Gasteiger partial charge in [0.15, 0.2) is 0 Å². The molecule has 0 saturated carbocycles. The Morgan fingerprint density at radius 2 is 1.73 bits per heavy atom. The van der Waals surface area contributed by atoms with Gasteiger partial charge in [0.2, 0.25) is 10.0 Å². The molecule has 4 aromatic rings. The van der Waals surface area contributed by atoms with E-state index < -0.39 is 21.8 Å². The highest BCUT2D eigenvalue weighted by molar-refractivity contribution is 7.92. The van der Waals surface area contributed by atoms with E-state index in [1.165, 1.54) is 29.6 Å². The number of nitrogens with zero attached hydrogens (tertiary/aromatic N) is 3. The van der Waals surface area contributed by atoms with Gasteiger partial charge in [0, 0.05) is 54.6 Å². The quantitative estimate of drug-likeness (QED) is 0.313. The summed E-state index contributed by atoms with van der Waals surface area (Å²) in [5.41, 5.74) is 2.21. The zero-order chi connectivity index (χ0) is 26.8. The van der Waals surface area contributed by atoms with Crippen LogP contribution in [0.25, 0.3) is 17.0 Å². The maximum atomic E-state index is 12.9. The number of hydrogen-bond donors (Lipinski definition) is 1. The lowest BCUT2D eigenvalue weighted by molar-refractivity contribution is -0.137. The molecule has 0 atom stereocenters. The molecule has 37 heavy (non-hydrogen) atoms. The van der Waals surface area contributed by atoms with Crippen LogP contribution in [0.4, 0.5) is 24.5 Å². The molecule has 0 saturated heterocycles. The minimum atomic E-state index is -4.42. The van der Waals surface area contributed by atoms with Crippen molar-refractivity contribution < 1.29 is 26.3 Å². The van der Waals surface area contributed by atoms with Gasteiger partial charge in [-0.1, -0.05) is 12.1 Å². The Balaban J connectivity index is 1.58. The normalized spacial score (nSPS) is 12.5. The minimum absolute atomic E-state index is 0.172. The van der Waals surface area contributed by atoms with E-state index in [4.69, 9.17) is 4.74 Å². The molecule has 0 bridgehead atoms. The van der Waals surface area contributed by atoms with Gasteiger partial charge < -0.3 is 10.1 Å². The average Bonchev–Trinajstić information content (AvgIpc) is 3.23. The number of halogens is 3. The fraction of sp³-hybridized carbons (Fsp3) is 0.192. The fourth-order valence-electron chi connectivity index (χ4n) is 3.73. The zero-order valence-electron chi connectivity index (χ0n) is 20.3. The van der Waals surface area contributed by atoms with Crippen LogP contribution in [0.5, 0.6) is 5.75 Å². The van der Waals surface area contributed by atoms with Gasteiger partial charge in [-0.05, 0) is 60.2 Å². The van der Waals surface area contributed by atoms with E-state index in [2.05, 4.69) is 10.4 Å². The number of alkyl halides is 3. The van der Waals surface area contributed by atoms with Gasteiger partial charge in [0.25, 0.3) is 0 Å². The number of hydrogen-bond acceptors (Lipinski definition) is 5. The summed E-state index contributed by atoms with van der Waals surface area (Å²) in [5.74, 6) is 0.679. The van der Waals surface area contributed by atoms with Gasteiger partial charge in [0.1, 0.15) is 5.75 Å². The van der Waals surface area contributed by atoms with E-state index in [0.717, 1.165) is 28.5 Å². The first kappa shape index (κ1) is 26.2. The van der Waals surface area contributed by atoms with Crippen molar-refractivity contribution >= 4 is 38.4 Å². The number of benzene rings is 3. The van der Waals surface area contributed by atoms with Crippen molar-refractivity contribution in [3.8, 4) is 5.75 Å². The number of rotatable bonds is 8. The molecule has 0 fully saturated rings. The summed E-state index contributed by atoms with van der Waals surface area (Å²) >= 11 is 0. The third-order valence-electron chi connectivity index (χ3n) is 5.67. The van der Waals surface area contributed by atoms with E-state index >= 15 is 0 Å². The van der Waals surface area contributed by atoms with Crippen LogP contribution in [0, 0.1) is 0 Å². The summed E-state index contributed by atoms with van der Waals surface area (Å²) < 4.78 is 72.5. The number of aromatic nitrogens is 2. The summed E-state index contributed by atoms with van der Waals surface area (Å²) in [6.45, 7) is 0.172. The van der Waals surface area contributed by atoms with Gasteiger partial charge in [0.05, 0.1) is 18.2 Å². The smallest absolute Gasteiger partial charge is 0.416 e. The number of fused-ring (bicyclic) bond motifs is 1. The largest absolute Gasteiger partial charge is 0.497 e. The monoisotopic (exact) mass is 530 g/mol. The summed E-state index contributed by atoms with van der Waals surface area (Å²) in [7, 11) is 1.03. The van der Waals surface area contributed by atoms with Gasteiger partial charge >= 0.3 is 6.18 Å². The second kappa shape index (κ2) is 10.3. The summed E-state index contributed by atoms with van der Waals surface area (Å²) in [4.78, 5) is 0. The van der Waals surface area contributed by atoms with Crippen molar-refractivity contribution in [2.75, 3.05) is 19.5 Å². The minimum Gasteiger partial charge on any atom is -0.497 e. The zero-order valence-corrected chi connectivity index (χ0v) is 21.1. The lowest BCUT2D eigenvalue weighted by atomic mass is 10.1.